The van der Waals surface area contributed by atoms with Crippen LogP contribution in [0.5, 0.6) is 0 Å². The fourth-order valence-corrected chi connectivity index (χ4v) is 6.14. The van der Waals surface area contributed by atoms with Crippen LogP contribution < -0.4 is 15.8 Å². The van der Waals surface area contributed by atoms with Crippen molar-refractivity contribution >= 4 is 38.3 Å². The first kappa shape index (κ1) is 26.8. The lowest BCUT2D eigenvalue weighted by atomic mass is 10.0. The van der Waals surface area contributed by atoms with E-state index in [-0.39, 0.29) is 28.7 Å². The quantitative estimate of drug-likeness (QED) is 0.437. The van der Waals surface area contributed by atoms with Gasteiger partial charge in [-0.25, -0.2) is 13.1 Å². The number of rotatable bonds is 7. The van der Waals surface area contributed by atoms with E-state index in [1.807, 2.05) is 39.0 Å². The van der Waals surface area contributed by atoms with Gasteiger partial charge in [-0.15, -0.1) is 0 Å². The molecule has 2 amide bonds. The average Bonchev–Trinajstić information content (AvgIpc) is 2.88. The zero-order valence-electron chi connectivity index (χ0n) is 21.4. The van der Waals surface area contributed by atoms with Crippen LogP contribution in [0.25, 0.3) is 10.8 Å². The maximum absolute atomic E-state index is 13.4. The molecule has 0 aliphatic carbocycles. The Morgan fingerprint density at radius 3 is 2.22 bits per heavy atom. The van der Waals surface area contributed by atoms with Crippen molar-refractivity contribution in [1.29, 1.82) is 0 Å². The third kappa shape index (κ3) is 5.84. The summed E-state index contributed by atoms with van der Waals surface area (Å²) in [5.41, 5.74) is 7.96. The van der Waals surface area contributed by atoms with Gasteiger partial charge in [0.25, 0.3) is 5.91 Å². The fraction of sp³-hybridized carbons (Fsp3) is 0.357. The third-order valence-corrected chi connectivity index (χ3v) is 8.52. The minimum absolute atomic E-state index is 0.0430. The van der Waals surface area contributed by atoms with Crippen LogP contribution >= 0.6 is 0 Å². The highest BCUT2D eigenvalue weighted by Gasteiger charge is 2.30. The van der Waals surface area contributed by atoms with Gasteiger partial charge in [-0.3, -0.25) is 9.59 Å². The Kier molecular flexibility index (Phi) is 7.96. The van der Waals surface area contributed by atoms with Crippen LogP contribution in [-0.2, 0) is 14.8 Å². The Bertz CT molecular complexity index is 1410. The number of amides is 2. The number of hydrogen-bond acceptors (Lipinski definition) is 5. The van der Waals surface area contributed by atoms with E-state index in [1.165, 1.54) is 6.07 Å². The maximum atomic E-state index is 13.4. The van der Waals surface area contributed by atoms with Crippen LogP contribution in [-0.4, -0.2) is 50.3 Å². The smallest absolute Gasteiger partial charge is 0.255 e. The number of likely N-dealkylation sites (tertiary alicyclic amines) is 1. The SMILES string of the molecule is Cc1ccccc1C(=O)Nc1ccc(S(=O)(=O)NC2CCN(C(=O)C(N)C(C)C)CC2)c2ccccc12. The van der Waals surface area contributed by atoms with Crippen LogP contribution in [0.1, 0.15) is 42.6 Å². The predicted octanol–water partition coefficient (Wildman–Crippen LogP) is 3.65. The number of anilines is 1. The predicted molar refractivity (Wildman–Crippen MR) is 146 cm³/mol. The number of sulfonamides is 1. The lowest BCUT2D eigenvalue weighted by Crippen LogP contribution is -2.52. The van der Waals surface area contributed by atoms with Crippen molar-refractivity contribution in [3.05, 3.63) is 71.8 Å². The standard InChI is InChI=1S/C28H34N4O4S/c1-18(2)26(29)28(34)32-16-14-20(15-17-32)31-37(35,36)25-13-12-24(22-10-6-7-11-23(22)25)30-27(33)21-9-5-4-8-19(21)3/h4-13,18,20,26,31H,14-17,29H2,1-3H3,(H,30,33). The molecule has 1 aliphatic rings. The maximum Gasteiger partial charge on any atom is 0.255 e. The summed E-state index contributed by atoms with van der Waals surface area (Å²) in [4.78, 5) is 27.3. The summed E-state index contributed by atoms with van der Waals surface area (Å²) in [6.45, 7) is 6.60. The summed E-state index contributed by atoms with van der Waals surface area (Å²) in [6.07, 6.45) is 1.02. The van der Waals surface area contributed by atoms with Crippen molar-refractivity contribution in [2.45, 2.75) is 50.6 Å². The number of nitrogens with zero attached hydrogens (tertiary/aromatic N) is 1. The highest BCUT2D eigenvalue weighted by Crippen LogP contribution is 2.30. The van der Waals surface area contributed by atoms with Crippen LogP contribution in [0.2, 0.25) is 0 Å². The fourth-order valence-electron chi connectivity index (χ4n) is 4.63. The van der Waals surface area contributed by atoms with Crippen LogP contribution in [0.4, 0.5) is 5.69 Å². The summed E-state index contributed by atoms with van der Waals surface area (Å²) in [5, 5.41) is 4.09. The molecule has 0 bridgehead atoms. The van der Waals surface area contributed by atoms with Gasteiger partial charge < -0.3 is 16.0 Å². The molecule has 4 rings (SSSR count). The number of carbonyl (C=O) groups excluding carboxylic acids is 2. The number of nitrogens with one attached hydrogen (secondary N) is 2. The van der Waals surface area contributed by atoms with Crippen LogP contribution in [0, 0.1) is 12.8 Å². The van der Waals surface area contributed by atoms with Gasteiger partial charge in [-0.1, -0.05) is 56.3 Å². The molecule has 196 valence electrons. The van der Waals surface area contributed by atoms with E-state index < -0.39 is 16.1 Å². The van der Waals surface area contributed by atoms with Crippen molar-refractivity contribution in [1.82, 2.24) is 9.62 Å². The zero-order chi connectivity index (χ0) is 26.7. The Morgan fingerprint density at radius 1 is 0.946 bits per heavy atom. The molecule has 1 saturated heterocycles. The second-order valence-electron chi connectivity index (χ2n) is 9.92. The molecule has 1 aliphatic heterocycles. The number of aryl methyl sites for hydroxylation is 1. The van der Waals surface area contributed by atoms with Gasteiger partial charge in [0, 0.05) is 41.2 Å². The van der Waals surface area contributed by atoms with Crippen LogP contribution in [0.3, 0.4) is 0 Å². The lowest BCUT2D eigenvalue weighted by molar-refractivity contribution is -0.134. The normalized spacial score (nSPS) is 15.6. The Balaban J connectivity index is 1.52. The largest absolute Gasteiger partial charge is 0.341 e. The number of carbonyl (C=O) groups is 2. The lowest BCUT2D eigenvalue weighted by Gasteiger charge is -2.34. The zero-order valence-corrected chi connectivity index (χ0v) is 22.2. The Hall–Kier alpha value is -3.27. The summed E-state index contributed by atoms with van der Waals surface area (Å²) in [6, 6.07) is 16.7. The number of benzene rings is 3. The molecule has 9 heteroatoms. The summed E-state index contributed by atoms with van der Waals surface area (Å²) in [5.74, 6) is -0.303. The average molecular weight is 523 g/mol. The molecule has 0 spiro atoms. The molecule has 8 nitrogen and oxygen atoms in total. The third-order valence-electron chi connectivity index (χ3n) is 6.94. The van der Waals surface area contributed by atoms with Gasteiger partial charge in [0.2, 0.25) is 15.9 Å². The highest BCUT2D eigenvalue weighted by molar-refractivity contribution is 7.89. The Morgan fingerprint density at radius 2 is 1.57 bits per heavy atom. The molecule has 1 heterocycles. The molecule has 0 aromatic heterocycles. The Labute approximate surface area is 218 Å². The van der Waals surface area contributed by atoms with Crippen molar-refractivity contribution in [3.63, 3.8) is 0 Å². The first-order chi connectivity index (χ1) is 17.6. The highest BCUT2D eigenvalue weighted by atomic mass is 32.2. The van der Waals surface area contributed by atoms with Gasteiger partial charge in [0.15, 0.2) is 0 Å². The first-order valence-electron chi connectivity index (χ1n) is 12.5. The van der Waals surface area contributed by atoms with Crippen molar-refractivity contribution in [2.24, 2.45) is 11.7 Å². The van der Waals surface area contributed by atoms with Gasteiger partial charge in [0.1, 0.15) is 0 Å². The monoisotopic (exact) mass is 522 g/mol. The molecule has 0 saturated carbocycles. The summed E-state index contributed by atoms with van der Waals surface area (Å²) >= 11 is 0. The van der Waals surface area contributed by atoms with Crippen molar-refractivity contribution in [2.75, 3.05) is 18.4 Å². The molecule has 3 aromatic carbocycles. The minimum atomic E-state index is -3.85. The number of hydrogen-bond donors (Lipinski definition) is 3. The van der Waals surface area contributed by atoms with Crippen LogP contribution in [0.15, 0.2) is 65.6 Å². The number of fused-ring (bicyclic) bond motifs is 1. The van der Waals surface area contributed by atoms with E-state index in [1.54, 1.807) is 41.3 Å². The molecule has 37 heavy (non-hydrogen) atoms. The molecular weight excluding hydrogens is 488 g/mol. The molecule has 4 N–H and O–H groups in total. The second kappa shape index (κ2) is 11.0. The van der Waals surface area contributed by atoms with Crippen molar-refractivity contribution < 1.29 is 18.0 Å². The van der Waals surface area contributed by atoms with E-state index in [0.717, 1.165) is 5.56 Å². The van der Waals surface area contributed by atoms with E-state index in [9.17, 15) is 18.0 Å². The summed E-state index contributed by atoms with van der Waals surface area (Å²) < 4.78 is 29.7. The molecule has 3 aromatic rings. The number of nitrogens with two attached hydrogens (primary N) is 1. The molecule has 0 radical (unpaired) electrons. The minimum Gasteiger partial charge on any atom is -0.341 e. The van der Waals surface area contributed by atoms with Gasteiger partial charge in [-0.2, -0.15) is 0 Å². The summed E-state index contributed by atoms with van der Waals surface area (Å²) in [7, 11) is -3.85. The van der Waals surface area contributed by atoms with E-state index >= 15 is 0 Å². The molecular formula is C28H34N4O4S. The van der Waals surface area contributed by atoms with E-state index in [0.29, 0.717) is 48.0 Å². The van der Waals surface area contributed by atoms with Gasteiger partial charge in [0.05, 0.1) is 10.9 Å². The van der Waals surface area contributed by atoms with Crippen molar-refractivity contribution in [3.8, 4) is 0 Å². The topological polar surface area (TPSA) is 122 Å². The van der Waals surface area contributed by atoms with E-state index in [4.69, 9.17) is 5.73 Å². The van der Waals surface area contributed by atoms with Gasteiger partial charge >= 0.3 is 0 Å². The van der Waals surface area contributed by atoms with E-state index in [2.05, 4.69) is 10.0 Å². The first-order valence-corrected chi connectivity index (χ1v) is 14.0. The molecule has 1 fully saturated rings. The molecule has 1 unspecified atom stereocenters. The van der Waals surface area contributed by atoms with Gasteiger partial charge in [-0.05, 0) is 49.4 Å². The molecule has 1 atom stereocenters. The number of piperidine rings is 1. The second-order valence-corrected chi connectivity index (χ2v) is 11.6.